The monoisotopic (exact) mass is 204 g/mol. The first kappa shape index (κ1) is 10.2. The van der Waals surface area contributed by atoms with E-state index < -0.39 is 0 Å². The summed E-state index contributed by atoms with van der Waals surface area (Å²) in [5.74, 6) is 0. The molecule has 3 heteroatoms. The number of nitrogens with two attached hydrogens (primary N) is 1. The van der Waals surface area contributed by atoms with Crippen molar-refractivity contribution in [3.63, 3.8) is 0 Å². The molecule has 1 saturated heterocycles. The van der Waals surface area contributed by atoms with Gasteiger partial charge in [0.05, 0.1) is 5.69 Å². The Morgan fingerprint density at radius 3 is 2.93 bits per heavy atom. The largest absolute Gasteiger partial charge is 0.369 e. The number of aryl methyl sites for hydroxylation is 1. The maximum absolute atomic E-state index is 11.0. The zero-order chi connectivity index (χ0) is 10.8. The molecule has 0 aromatic heterocycles. The fourth-order valence-electron chi connectivity index (χ4n) is 2.20. The summed E-state index contributed by atoms with van der Waals surface area (Å²) < 4.78 is 0. The van der Waals surface area contributed by atoms with Crippen LogP contribution in [0.5, 0.6) is 0 Å². The fourth-order valence-corrected chi connectivity index (χ4v) is 2.20. The SMILES string of the molecule is Cc1cccc(C=O)c1N1CC[C@@H](N)C1. The molecule has 1 fully saturated rings. The number of carbonyl (C=O) groups excluding carboxylic acids is 1. The van der Waals surface area contributed by atoms with Gasteiger partial charge in [-0.2, -0.15) is 0 Å². The summed E-state index contributed by atoms with van der Waals surface area (Å²) >= 11 is 0. The van der Waals surface area contributed by atoms with Gasteiger partial charge in [0, 0.05) is 24.7 Å². The molecule has 0 aliphatic carbocycles. The van der Waals surface area contributed by atoms with Crippen LogP contribution in [0.4, 0.5) is 5.69 Å². The van der Waals surface area contributed by atoms with Gasteiger partial charge in [0.25, 0.3) is 0 Å². The molecule has 1 aromatic carbocycles. The van der Waals surface area contributed by atoms with Crippen molar-refractivity contribution in [2.75, 3.05) is 18.0 Å². The van der Waals surface area contributed by atoms with Crippen LogP contribution in [0.3, 0.4) is 0 Å². The molecule has 3 nitrogen and oxygen atoms in total. The second-order valence-electron chi connectivity index (χ2n) is 4.13. The molecule has 0 radical (unpaired) electrons. The zero-order valence-electron chi connectivity index (χ0n) is 8.94. The molecule has 0 bridgehead atoms. The highest BCUT2D eigenvalue weighted by Crippen LogP contribution is 2.26. The summed E-state index contributed by atoms with van der Waals surface area (Å²) in [6.45, 7) is 3.84. The van der Waals surface area contributed by atoms with E-state index in [1.54, 1.807) is 0 Å². The number of hydrogen-bond acceptors (Lipinski definition) is 3. The highest BCUT2D eigenvalue weighted by atomic mass is 16.1. The summed E-state index contributed by atoms with van der Waals surface area (Å²) in [7, 11) is 0. The summed E-state index contributed by atoms with van der Waals surface area (Å²) in [6, 6.07) is 6.05. The van der Waals surface area contributed by atoms with Gasteiger partial charge in [-0.1, -0.05) is 12.1 Å². The van der Waals surface area contributed by atoms with Crippen molar-refractivity contribution in [3.8, 4) is 0 Å². The Hall–Kier alpha value is -1.35. The molecular weight excluding hydrogens is 188 g/mol. The third-order valence-corrected chi connectivity index (χ3v) is 2.94. The molecule has 1 aliphatic rings. The Balaban J connectivity index is 2.37. The number of nitrogens with zero attached hydrogens (tertiary/aromatic N) is 1. The van der Waals surface area contributed by atoms with E-state index in [9.17, 15) is 4.79 Å². The minimum Gasteiger partial charge on any atom is -0.369 e. The van der Waals surface area contributed by atoms with E-state index in [1.165, 1.54) is 0 Å². The van der Waals surface area contributed by atoms with Gasteiger partial charge in [-0.3, -0.25) is 4.79 Å². The van der Waals surface area contributed by atoms with Gasteiger partial charge in [0.15, 0.2) is 6.29 Å². The average molecular weight is 204 g/mol. The Bertz CT molecular complexity index is 376. The van der Waals surface area contributed by atoms with Crippen molar-refractivity contribution in [3.05, 3.63) is 29.3 Å². The highest BCUT2D eigenvalue weighted by Gasteiger charge is 2.22. The van der Waals surface area contributed by atoms with E-state index in [4.69, 9.17) is 5.73 Å². The third kappa shape index (κ3) is 1.88. The van der Waals surface area contributed by atoms with Crippen molar-refractivity contribution in [1.82, 2.24) is 0 Å². The number of para-hydroxylation sites is 1. The van der Waals surface area contributed by atoms with Gasteiger partial charge in [-0.25, -0.2) is 0 Å². The molecule has 1 aromatic rings. The van der Waals surface area contributed by atoms with Crippen LogP contribution in [0.1, 0.15) is 22.3 Å². The number of hydrogen-bond donors (Lipinski definition) is 1. The van der Waals surface area contributed by atoms with Crippen molar-refractivity contribution in [1.29, 1.82) is 0 Å². The van der Waals surface area contributed by atoms with Crippen molar-refractivity contribution < 1.29 is 4.79 Å². The Kier molecular flexibility index (Phi) is 2.73. The molecule has 80 valence electrons. The number of aldehydes is 1. The van der Waals surface area contributed by atoms with E-state index in [1.807, 2.05) is 25.1 Å². The lowest BCUT2D eigenvalue weighted by Crippen LogP contribution is -2.27. The van der Waals surface area contributed by atoms with Crippen LogP contribution in [0.25, 0.3) is 0 Å². The van der Waals surface area contributed by atoms with Crippen molar-refractivity contribution in [2.45, 2.75) is 19.4 Å². The zero-order valence-corrected chi connectivity index (χ0v) is 8.94. The summed E-state index contributed by atoms with van der Waals surface area (Å²) in [4.78, 5) is 13.2. The summed E-state index contributed by atoms with van der Waals surface area (Å²) in [6.07, 6.45) is 1.93. The van der Waals surface area contributed by atoms with Crippen molar-refractivity contribution >= 4 is 12.0 Å². The summed E-state index contributed by atoms with van der Waals surface area (Å²) in [5.41, 5.74) is 8.84. The topological polar surface area (TPSA) is 46.3 Å². The van der Waals surface area contributed by atoms with Crippen LogP contribution >= 0.6 is 0 Å². The Morgan fingerprint density at radius 2 is 2.33 bits per heavy atom. The quantitative estimate of drug-likeness (QED) is 0.739. The molecule has 0 spiro atoms. The smallest absolute Gasteiger partial charge is 0.152 e. The number of anilines is 1. The first-order valence-corrected chi connectivity index (χ1v) is 5.27. The predicted octanol–water partition coefficient (Wildman–Crippen LogP) is 1.34. The number of carbonyl (C=O) groups is 1. The molecule has 0 unspecified atom stereocenters. The van der Waals surface area contributed by atoms with Crippen LogP contribution in [-0.4, -0.2) is 25.4 Å². The van der Waals surface area contributed by atoms with Crippen LogP contribution in [0.2, 0.25) is 0 Å². The lowest BCUT2D eigenvalue weighted by Gasteiger charge is -2.22. The third-order valence-electron chi connectivity index (χ3n) is 2.94. The number of rotatable bonds is 2. The second kappa shape index (κ2) is 4.03. The first-order chi connectivity index (χ1) is 7.22. The molecule has 0 saturated carbocycles. The standard InChI is InChI=1S/C12H16N2O/c1-9-3-2-4-10(8-15)12(9)14-6-5-11(13)7-14/h2-4,8,11H,5-7,13H2,1H3/t11-/m1/s1. The first-order valence-electron chi connectivity index (χ1n) is 5.27. The Labute approximate surface area is 89.9 Å². The summed E-state index contributed by atoms with van der Waals surface area (Å²) in [5, 5.41) is 0. The minimum atomic E-state index is 0.240. The lowest BCUT2D eigenvalue weighted by atomic mass is 10.1. The van der Waals surface area contributed by atoms with Crippen LogP contribution < -0.4 is 10.6 Å². The molecule has 1 aliphatic heterocycles. The van der Waals surface area contributed by atoms with Gasteiger partial charge in [-0.15, -0.1) is 0 Å². The van der Waals surface area contributed by atoms with Gasteiger partial charge in [0.2, 0.25) is 0 Å². The maximum Gasteiger partial charge on any atom is 0.152 e. The van der Waals surface area contributed by atoms with Crippen LogP contribution in [0.15, 0.2) is 18.2 Å². The van der Waals surface area contributed by atoms with Crippen LogP contribution in [0, 0.1) is 6.92 Å². The minimum absolute atomic E-state index is 0.240. The van der Waals surface area contributed by atoms with Gasteiger partial charge < -0.3 is 10.6 Å². The maximum atomic E-state index is 11.0. The average Bonchev–Trinajstić information content (AvgIpc) is 2.64. The molecule has 15 heavy (non-hydrogen) atoms. The van der Waals surface area contributed by atoms with E-state index in [0.29, 0.717) is 0 Å². The van der Waals surface area contributed by atoms with E-state index in [-0.39, 0.29) is 6.04 Å². The van der Waals surface area contributed by atoms with Crippen LogP contribution in [-0.2, 0) is 0 Å². The molecular formula is C12H16N2O. The van der Waals surface area contributed by atoms with Gasteiger partial charge in [-0.05, 0) is 25.0 Å². The molecule has 1 atom stereocenters. The van der Waals surface area contributed by atoms with E-state index >= 15 is 0 Å². The normalized spacial score (nSPS) is 20.7. The van der Waals surface area contributed by atoms with Gasteiger partial charge in [0.1, 0.15) is 0 Å². The predicted molar refractivity (Wildman–Crippen MR) is 61.4 cm³/mol. The molecule has 2 rings (SSSR count). The van der Waals surface area contributed by atoms with E-state index in [0.717, 1.165) is 42.6 Å². The Morgan fingerprint density at radius 1 is 1.53 bits per heavy atom. The number of benzene rings is 1. The molecule has 2 N–H and O–H groups in total. The molecule has 0 amide bonds. The fraction of sp³-hybridized carbons (Fsp3) is 0.417. The second-order valence-corrected chi connectivity index (χ2v) is 4.13. The molecule has 1 heterocycles. The van der Waals surface area contributed by atoms with E-state index in [2.05, 4.69) is 4.90 Å². The highest BCUT2D eigenvalue weighted by molar-refractivity contribution is 5.86. The van der Waals surface area contributed by atoms with Gasteiger partial charge >= 0.3 is 0 Å². The lowest BCUT2D eigenvalue weighted by molar-refractivity contribution is 0.112. The van der Waals surface area contributed by atoms with Crippen molar-refractivity contribution in [2.24, 2.45) is 5.73 Å².